The molecule has 0 bridgehead atoms. The van der Waals surface area contributed by atoms with E-state index in [0.29, 0.717) is 0 Å². The van der Waals surface area contributed by atoms with E-state index >= 15 is 0 Å². The van der Waals surface area contributed by atoms with Crippen molar-refractivity contribution in [3.05, 3.63) is 30.1 Å². The minimum Gasteiger partial charge on any atom is -0.870 e. The van der Waals surface area contributed by atoms with Gasteiger partial charge in [-0.15, -0.1) is 0 Å². The van der Waals surface area contributed by atoms with E-state index in [2.05, 4.69) is 52.9 Å². The normalized spacial score (nSPS) is 8.82. The SMILES string of the molecule is CC(=NNC(N)=S)c1ccccn1.[Cl][Cu].[OH-].[OH-]. The van der Waals surface area contributed by atoms with Crippen molar-refractivity contribution in [2.45, 2.75) is 6.92 Å². The van der Waals surface area contributed by atoms with Gasteiger partial charge >= 0.3 is 25.2 Å². The van der Waals surface area contributed by atoms with E-state index in [0.717, 1.165) is 11.4 Å². The van der Waals surface area contributed by atoms with Crippen molar-refractivity contribution in [3.8, 4) is 0 Å². The first-order chi connectivity index (χ1) is 7.20. The first-order valence-corrected chi connectivity index (χ1v) is 5.53. The summed E-state index contributed by atoms with van der Waals surface area (Å²) in [5, 5.41) is 4.08. The van der Waals surface area contributed by atoms with Crippen molar-refractivity contribution in [3.63, 3.8) is 0 Å². The number of pyridine rings is 1. The third kappa shape index (κ3) is 10.1. The maximum atomic E-state index is 5.21. The average molecular weight is 327 g/mol. The van der Waals surface area contributed by atoms with Crippen LogP contribution in [0.2, 0.25) is 0 Å². The number of hydrogen-bond donors (Lipinski definition) is 2. The predicted octanol–water partition coefficient (Wildman–Crippen LogP) is 0.972. The van der Waals surface area contributed by atoms with E-state index in [1.165, 1.54) is 0 Å². The number of aromatic nitrogens is 1. The van der Waals surface area contributed by atoms with E-state index in [4.69, 9.17) is 5.73 Å². The molecule has 0 spiro atoms. The Balaban J connectivity index is -0.000000464. The molecule has 9 heteroatoms. The van der Waals surface area contributed by atoms with Crippen LogP contribution in [0.25, 0.3) is 0 Å². The first-order valence-electron chi connectivity index (χ1n) is 3.82. The summed E-state index contributed by atoms with van der Waals surface area (Å²) in [6, 6.07) is 5.60. The number of rotatable bonds is 2. The van der Waals surface area contributed by atoms with Crippen molar-refractivity contribution < 1.29 is 26.1 Å². The van der Waals surface area contributed by atoms with Crippen LogP contribution in [0.15, 0.2) is 29.5 Å². The fourth-order valence-electron chi connectivity index (χ4n) is 0.773. The molecule has 5 N–H and O–H groups in total. The fourth-order valence-corrected chi connectivity index (χ4v) is 0.819. The van der Waals surface area contributed by atoms with Gasteiger partial charge in [0, 0.05) is 6.20 Å². The van der Waals surface area contributed by atoms with E-state index < -0.39 is 0 Å². The number of halogens is 1. The molecule has 102 valence electrons. The quantitative estimate of drug-likeness (QED) is 0.361. The molecule has 6 nitrogen and oxygen atoms in total. The van der Waals surface area contributed by atoms with Crippen LogP contribution in [0.1, 0.15) is 12.6 Å². The third-order valence-electron chi connectivity index (χ3n) is 1.37. The second kappa shape index (κ2) is 13.3. The van der Waals surface area contributed by atoms with E-state index in [-0.39, 0.29) is 16.1 Å². The Morgan fingerprint density at radius 1 is 1.47 bits per heavy atom. The molecule has 1 aromatic heterocycles. The van der Waals surface area contributed by atoms with E-state index in [9.17, 15) is 0 Å². The standard InChI is InChI=1S/C8H10N4S.ClH.Cu.2H2O/c1-6(11-12-8(9)13)7-4-2-3-5-10-7;;;;/h2-5H,1H3,(H3,9,12,13);1H;;2*1H2/q;;+1;;/p-3. The molecule has 1 heterocycles. The van der Waals surface area contributed by atoms with Crippen LogP contribution < -0.4 is 11.2 Å². The average Bonchev–Trinajstić information content (AvgIpc) is 2.30. The molecule has 0 aliphatic carbocycles. The van der Waals surface area contributed by atoms with Gasteiger partial charge in [0.2, 0.25) is 0 Å². The van der Waals surface area contributed by atoms with Crippen LogP contribution >= 0.6 is 22.3 Å². The van der Waals surface area contributed by atoms with Crippen molar-refractivity contribution in [2.24, 2.45) is 10.8 Å². The van der Waals surface area contributed by atoms with Gasteiger partial charge in [0.05, 0.1) is 11.4 Å². The molecular weight excluding hydrogens is 315 g/mol. The van der Waals surface area contributed by atoms with Gasteiger partial charge in [-0.25, -0.2) is 0 Å². The molecular formula is C8H12ClCuN4O2S-2. The molecule has 0 saturated carbocycles. The number of thiocarbonyl (C=S) groups is 1. The van der Waals surface area contributed by atoms with Gasteiger partial charge < -0.3 is 16.7 Å². The van der Waals surface area contributed by atoms with Gasteiger partial charge in [-0.2, -0.15) is 5.10 Å². The monoisotopic (exact) mass is 326 g/mol. The summed E-state index contributed by atoms with van der Waals surface area (Å²) in [5.41, 5.74) is 9.25. The molecule has 17 heavy (non-hydrogen) atoms. The molecule has 0 aliphatic heterocycles. The summed E-state index contributed by atoms with van der Waals surface area (Å²) >= 11 is 8.26. The van der Waals surface area contributed by atoms with Gasteiger partial charge in [-0.1, -0.05) is 6.07 Å². The van der Waals surface area contributed by atoms with Gasteiger partial charge in [0.1, 0.15) is 0 Å². The molecule has 0 radical (unpaired) electrons. The van der Waals surface area contributed by atoms with Gasteiger partial charge in [-0.05, 0) is 31.3 Å². The summed E-state index contributed by atoms with van der Waals surface area (Å²) < 4.78 is 0. The van der Waals surface area contributed by atoms with Crippen LogP contribution in [-0.4, -0.2) is 26.8 Å². The van der Waals surface area contributed by atoms with E-state index in [1.54, 1.807) is 6.20 Å². The van der Waals surface area contributed by atoms with Crippen LogP contribution in [0.5, 0.6) is 0 Å². The molecule has 0 fully saturated rings. The Kier molecular flexibility index (Phi) is 16.8. The summed E-state index contributed by atoms with van der Waals surface area (Å²) in [7, 11) is 4.20. The fraction of sp³-hybridized carbons (Fsp3) is 0.125. The molecule has 1 aromatic rings. The van der Waals surface area contributed by atoms with Crippen molar-refractivity contribution in [2.75, 3.05) is 0 Å². The Bertz CT molecular complexity index is 340. The molecule has 0 aromatic carbocycles. The molecule has 0 aliphatic rings. The summed E-state index contributed by atoms with van der Waals surface area (Å²) in [4.78, 5) is 4.10. The number of hydrazone groups is 1. The molecule has 0 saturated heterocycles. The van der Waals surface area contributed by atoms with Gasteiger partial charge in [0.15, 0.2) is 5.11 Å². The second-order valence-electron chi connectivity index (χ2n) is 2.39. The Morgan fingerprint density at radius 3 is 2.47 bits per heavy atom. The summed E-state index contributed by atoms with van der Waals surface area (Å²) in [5.74, 6) is 0. The minimum atomic E-state index is 0. The summed E-state index contributed by atoms with van der Waals surface area (Å²) in [6.45, 7) is 1.83. The molecule has 0 atom stereocenters. The van der Waals surface area contributed by atoms with E-state index in [1.807, 2.05) is 25.1 Å². The van der Waals surface area contributed by atoms with Crippen molar-refractivity contribution in [1.29, 1.82) is 0 Å². The zero-order valence-electron chi connectivity index (χ0n) is 8.76. The van der Waals surface area contributed by atoms with Gasteiger partial charge in [-0.3, -0.25) is 10.4 Å². The zero-order valence-corrected chi connectivity index (χ0v) is 11.3. The Labute approximate surface area is 117 Å². The van der Waals surface area contributed by atoms with Crippen LogP contribution in [0.4, 0.5) is 0 Å². The smallest absolute Gasteiger partial charge is 0.870 e. The summed E-state index contributed by atoms with van der Waals surface area (Å²) in [6.07, 6.45) is 1.70. The van der Waals surface area contributed by atoms with Crippen LogP contribution in [0, 0.1) is 0 Å². The predicted molar refractivity (Wildman–Crippen MR) is 66.1 cm³/mol. The topological polar surface area (TPSA) is 123 Å². The number of nitrogens with zero attached hydrogens (tertiary/aromatic N) is 2. The molecule has 1 rings (SSSR count). The van der Waals surface area contributed by atoms with Crippen molar-refractivity contribution in [1.82, 2.24) is 10.4 Å². The first kappa shape index (κ1) is 21.5. The Hall–Kier alpha value is -0.761. The number of hydrogen-bond acceptors (Lipinski definition) is 5. The zero-order chi connectivity index (χ0) is 11.7. The second-order valence-corrected chi connectivity index (χ2v) is 2.83. The van der Waals surface area contributed by atoms with Crippen LogP contribution in [-0.2, 0) is 15.1 Å². The minimum absolute atomic E-state index is 0. The maximum Gasteiger partial charge on any atom is -0.870 e. The third-order valence-corrected chi connectivity index (χ3v) is 1.46. The van der Waals surface area contributed by atoms with Crippen molar-refractivity contribution >= 4 is 33.1 Å². The number of nitrogens with two attached hydrogens (primary N) is 1. The molecule has 0 unspecified atom stereocenters. The maximum absolute atomic E-state index is 5.21. The molecule has 0 amide bonds. The van der Waals surface area contributed by atoms with Gasteiger partial charge in [0.25, 0.3) is 0 Å². The van der Waals surface area contributed by atoms with Crippen LogP contribution in [0.3, 0.4) is 0 Å². The largest absolute Gasteiger partial charge is 0.870 e. The Morgan fingerprint density at radius 2 is 2.06 bits per heavy atom. The number of nitrogens with one attached hydrogen (secondary N) is 1.